The molecule has 1 aliphatic heterocycles. The highest BCUT2D eigenvalue weighted by Crippen LogP contribution is 2.44. The lowest BCUT2D eigenvalue weighted by Gasteiger charge is -2.37. The minimum Gasteiger partial charge on any atom is -0.503 e. The second-order valence-corrected chi connectivity index (χ2v) is 8.27. The summed E-state index contributed by atoms with van der Waals surface area (Å²) in [6, 6.07) is 5.24. The summed E-state index contributed by atoms with van der Waals surface area (Å²) in [6.45, 7) is 5.21. The fourth-order valence-electron chi connectivity index (χ4n) is 4.00. The van der Waals surface area contributed by atoms with E-state index in [4.69, 9.17) is 0 Å². The lowest BCUT2D eigenvalue weighted by Crippen LogP contribution is -2.42. The number of rotatable bonds is 3. The van der Waals surface area contributed by atoms with Gasteiger partial charge in [-0.05, 0) is 18.9 Å². The van der Waals surface area contributed by atoms with Gasteiger partial charge in [-0.3, -0.25) is 9.59 Å². The van der Waals surface area contributed by atoms with Crippen molar-refractivity contribution in [3.05, 3.63) is 47.0 Å². The number of carbonyl (C=O) groups is 2. The zero-order chi connectivity index (χ0) is 19.1. The quantitative estimate of drug-likeness (QED) is 0.866. The average Bonchev–Trinajstić information content (AvgIpc) is 2.86. The lowest BCUT2D eigenvalue weighted by atomic mass is 9.81. The van der Waals surface area contributed by atoms with Crippen molar-refractivity contribution in [3.8, 4) is 0 Å². The number of aliphatic hydroxyl groups is 1. The fraction of sp³-hybridized carbons (Fsp3) is 0.524. The molecule has 0 aromatic heterocycles. The molecular weight excluding hydrogens is 333 g/mol. The van der Waals surface area contributed by atoms with Gasteiger partial charge in [-0.25, -0.2) is 4.39 Å². The van der Waals surface area contributed by atoms with E-state index in [9.17, 15) is 19.1 Å². The molecule has 0 bridgehead atoms. The fourth-order valence-corrected chi connectivity index (χ4v) is 4.00. The Morgan fingerprint density at radius 2 is 1.77 bits per heavy atom. The second kappa shape index (κ2) is 6.86. The molecule has 1 fully saturated rings. The molecule has 4 nitrogen and oxygen atoms in total. The third kappa shape index (κ3) is 3.15. The number of nitrogens with zero attached hydrogens (tertiary/aromatic N) is 1. The van der Waals surface area contributed by atoms with Gasteiger partial charge in [0.1, 0.15) is 5.82 Å². The van der Waals surface area contributed by atoms with Crippen molar-refractivity contribution in [1.82, 2.24) is 4.90 Å². The van der Waals surface area contributed by atoms with Crippen molar-refractivity contribution in [2.24, 2.45) is 5.41 Å². The van der Waals surface area contributed by atoms with Crippen molar-refractivity contribution >= 4 is 11.7 Å². The van der Waals surface area contributed by atoms with E-state index in [1.54, 1.807) is 43.9 Å². The highest BCUT2D eigenvalue weighted by molar-refractivity contribution is 6.10. The molecule has 1 N–H and O–H groups in total. The van der Waals surface area contributed by atoms with E-state index in [2.05, 4.69) is 0 Å². The van der Waals surface area contributed by atoms with Crippen molar-refractivity contribution in [2.75, 3.05) is 0 Å². The molecule has 2 aliphatic rings. The van der Waals surface area contributed by atoms with E-state index < -0.39 is 28.9 Å². The number of carbonyl (C=O) groups excluding carboxylic acids is 2. The van der Waals surface area contributed by atoms with Gasteiger partial charge in [-0.15, -0.1) is 0 Å². The molecule has 26 heavy (non-hydrogen) atoms. The van der Waals surface area contributed by atoms with Gasteiger partial charge in [-0.2, -0.15) is 0 Å². The van der Waals surface area contributed by atoms with Crippen LogP contribution in [0.25, 0.3) is 0 Å². The number of Topliss-reactive ketones (excluding diaryl/α,β-unsaturated/α-hetero) is 1. The standard InChI is InChI=1S/C21H26FNO3/c1-21(2,3)19(25)16-17(14-11-7-8-12-15(14)22)23(20(26)18(16)24)13-9-5-4-6-10-13/h7-8,11-13,17,24H,4-6,9-10H2,1-3H3. The minimum absolute atomic E-state index is 0.0261. The maximum Gasteiger partial charge on any atom is 0.290 e. The maximum absolute atomic E-state index is 14.6. The highest BCUT2D eigenvalue weighted by atomic mass is 19.1. The van der Waals surface area contributed by atoms with Crippen LogP contribution in [-0.4, -0.2) is 27.7 Å². The molecule has 1 saturated carbocycles. The van der Waals surface area contributed by atoms with Crippen LogP contribution in [-0.2, 0) is 9.59 Å². The minimum atomic E-state index is -0.862. The van der Waals surface area contributed by atoms with Gasteiger partial charge in [0, 0.05) is 17.0 Å². The summed E-state index contributed by atoms with van der Waals surface area (Å²) in [5.41, 5.74) is -0.489. The summed E-state index contributed by atoms with van der Waals surface area (Å²) >= 11 is 0. The van der Waals surface area contributed by atoms with Crippen molar-refractivity contribution in [1.29, 1.82) is 0 Å². The van der Waals surface area contributed by atoms with Crippen LogP contribution in [0.4, 0.5) is 4.39 Å². The van der Waals surface area contributed by atoms with Crippen LogP contribution in [0.3, 0.4) is 0 Å². The Hall–Kier alpha value is -2.17. The van der Waals surface area contributed by atoms with Gasteiger partial charge in [-0.1, -0.05) is 58.2 Å². The summed E-state index contributed by atoms with van der Waals surface area (Å²) in [6.07, 6.45) is 4.70. The molecule has 0 spiro atoms. The number of halogens is 1. The van der Waals surface area contributed by atoms with Crippen LogP contribution in [0.2, 0.25) is 0 Å². The molecule has 1 atom stereocenters. The number of amides is 1. The Labute approximate surface area is 153 Å². The van der Waals surface area contributed by atoms with Crippen molar-refractivity contribution in [2.45, 2.75) is 65.0 Å². The number of hydrogen-bond donors (Lipinski definition) is 1. The normalized spacial score (nSPS) is 22.2. The molecule has 140 valence electrons. The lowest BCUT2D eigenvalue weighted by molar-refractivity contribution is -0.132. The number of aliphatic hydroxyl groups excluding tert-OH is 1. The molecule has 1 unspecified atom stereocenters. The Kier molecular flexibility index (Phi) is 4.91. The van der Waals surface area contributed by atoms with E-state index in [1.807, 2.05) is 0 Å². The van der Waals surface area contributed by atoms with E-state index in [0.29, 0.717) is 0 Å². The first-order chi connectivity index (χ1) is 12.2. The molecule has 1 heterocycles. The molecular formula is C21H26FNO3. The van der Waals surface area contributed by atoms with E-state index >= 15 is 0 Å². The van der Waals surface area contributed by atoms with Gasteiger partial charge in [0.2, 0.25) is 0 Å². The van der Waals surface area contributed by atoms with Crippen LogP contribution >= 0.6 is 0 Å². The molecule has 1 aromatic carbocycles. The first kappa shape index (κ1) is 18.6. The zero-order valence-electron chi connectivity index (χ0n) is 15.6. The van der Waals surface area contributed by atoms with Crippen molar-refractivity contribution < 1.29 is 19.1 Å². The molecule has 1 amide bonds. The van der Waals surface area contributed by atoms with Gasteiger partial charge in [0.15, 0.2) is 11.5 Å². The predicted octanol–water partition coefficient (Wildman–Crippen LogP) is 4.47. The van der Waals surface area contributed by atoms with Crippen LogP contribution in [0.1, 0.15) is 64.5 Å². The Morgan fingerprint density at radius 1 is 1.15 bits per heavy atom. The van der Waals surface area contributed by atoms with Gasteiger partial charge < -0.3 is 10.0 Å². The van der Waals surface area contributed by atoms with Gasteiger partial charge in [0.25, 0.3) is 5.91 Å². The average molecular weight is 359 g/mol. The summed E-state index contributed by atoms with van der Waals surface area (Å²) in [4.78, 5) is 27.5. The first-order valence-electron chi connectivity index (χ1n) is 9.28. The van der Waals surface area contributed by atoms with Crippen LogP contribution < -0.4 is 0 Å². The summed E-state index contributed by atoms with van der Waals surface area (Å²) in [5, 5.41) is 10.6. The predicted molar refractivity (Wildman–Crippen MR) is 97.0 cm³/mol. The summed E-state index contributed by atoms with van der Waals surface area (Å²) in [5.74, 6) is -1.88. The van der Waals surface area contributed by atoms with Crippen LogP contribution in [0.15, 0.2) is 35.6 Å². The maximum atomic E-state index is 14.6. The highest BCUT2D eigenvalue weighted by Gasteiger charge is 2.49. The summed E-state index contributed by atoms with van der Waals surface area (Å²) < 4.78 is 14.6. The third-order valence-corrected chi connectivity index (χ3v) is 5.34. The molecule has 1 aliphatic carbocycles. The zero-order valence-corrected chi connectivity index (χ0v) is 15.6. The molecule has 0 saturated heterocycles. The Balaban J connectivity index is 2.13. The second-order valence-electron chi connectivity index (χ2n) is 8.27. The van der Waals surface area contributed by atoms with Gasteiger partial charge >= 0.3 is 0 Å². The SMILES string of the molecule is CC(C)(C)C(=O)C1=C(O)C(=O)N(C2CCCCC2)C1c1ccccc1F. The molecule has 0 radical (unpaired) electrons. The number of benzene rings is 1. The smallest absolute Gasteiger partial charge is 0.290 e. The molecule has 1 aromatic rings. The summed E-state index contributed by atoms with van der Waals surface area (Å²) in [7, 11) is 0. The third-order valence-electron chi connectivity index (χ3n) is 5.34. The van der Waals surface area contributed by atoms with E-state index in [-0.39, 0.29) is 23.0 Å². The van der Waals surface area contributed by atoms with Crippen LogP contribution in [0, 0.1) is 11.2 Å². The van der Waals surface area contributed by atoms with Crippen LogP contribution in [0.5, 0.6) is 0 Å². The molecule has 5 heteroatoms. The van der Waals surface area contributed by atoms with Crippen molar-refractivity contribution in [3.63, 3.8) is 0 Å². The topological polar surface area (TPSA) is 57.6 Å². The number of ketones is 1. The number of hydrogen-bond acceptors (Lipinski definition) is 3. The monoisotopic (exact) mass is 359 g/mol. The van der Waals surface area contributed by atoms with E-state index in [1.165, 1.54) is 6.07 Å². The first-order valence-corrected chi connectivity index (χ1v) is 9.28. The Morgan fingerprint density at radius 3 is 2.35 bits per heavy atom. The van der Waals surface area contributed by atoms with E-state index in [0.717, 1.165) is 32.1 Å². The van der Waals surface area contributed by atoms with Gasteiger partial charge in [0.05, 0.1) is 11.6 Å². The molecule has 3 rings (SSSR count). The Bertz CT molecular complexity index is 757. The largest absolute Gasteiger partial charge is 0.503 e.